The number of benzene rings is 5. The molecule has 2 heterocycles. The summed E-state index contributed by atoms with van der Waals surface area (Å²) < 4.78 is 18.8. The number of aromatic nitrogens is 1. The molecule has 1 N–H and O–H groups in total. The Morgan fingerprint density at radius 1 is 0.692 bits per heavy atom. The second kappa shape index (κ2) is 14.4. The molecule has 10 heteroatoms. The van der Waals surface area contributed by atoms with E-state index in [1.807, 2.05) is 61.5 Å². The maximum atomic E-state index is 13.3. The quantitative estimate of drug-likeness (QED) is 0.104. The van der Waals surface area contributed by atoms with E-state index in [9.17, 15) is 19.2 Å². The van der Waals surface area contributed by atoms with Gasteiger partial charge in [0.1, 0.15) is 11.5 Å². The first-order chi connectivity index (χ1) is 25.2. The van der Waals surface area contributed by atoms with Crippen LogP contribution in [0.15, 0.2) is 108 Å². The lowest BCUT2D eigenvalue weighted by atomic mass is 10.1. The lowest BCUT2D eigenvalue weighted by Gasteiger charge is -2.15. The lowest BCUT2D eigenvalue weighted by molar-refractivity contribution is -0.116. The van der Waals surface area contributed by atoms with Gasteiger partial charge in [-0.15, -0.1) is 0 Å². The average molecular weight is 696 g/mol. The number of hydrogen-bond donors (Lipinski definition) is 1. The maximum Gasteiger partial charge on any atom is 0.261 e. The van der Waals surface area contributed by atoms with Gasteiger partial charge in [0.25, 0.3) is 11.8 Å². The van der Waals surface area contributed by atoms with Crippen LogP contribution >= 0.6 is 0 Å². The largest absolute Gasteiger partial charge is 0.493 e. The summed E-state index contributed by atoms with van der Waals surface area (Å²) in [4.78, 5) is 53.6. The van der Waals surface area contributed by atoms with Crippen LogP contribution in [0.25, 0.3) is 21.8 Å². The van der Waals surface area contributed by atoms with E-state index in [-0.39, 0.29) is 35.3 Å². The minimum absolute atomic E-state index is 0.0146. The second-order valence-electron chi connectivity index (χ2n) is 12.7. The van der Waals surface area contributed by atoms with Crippen molar-refractivity contribution in [3.8, 4) is 23.0 Å². The second-order valence-corrected chi connectivity index (χ2v) is 12.7. The summed E-state index contributed by atoms with van der Waals surface area (Å²) in [5, 5.41) is 4.28. The van der Waals surface area contributed by atoms with E-state index in [2.05, 4.69) is 9.88 Å². The van der Waals surface area contributed by atoms with Gasteiger partial charge in [-0.05, 0) is 104 Å². The van der Waals surface area contributed by atoms with Crippen molar-refractivity contribution in [1.82, 2.24) is 9.47 Å². The Morgan fingerprint density at radius 2 is 1.42 bits per heavy atom. The molecule has 1 aromatic heterocycles. The fourth-order valence-electron chi connectivity index (χ4n) is 6.66. The molecule has 0 spiro atoms. The predicted octanol–water partition coefficient (Wildman–Crippen LogP) is 7.53. The van der Waals surface area contributed by atoms with Crippen LogP contribution in [-0.4, -0.2) is 48.0 Å². The molecule has 7 rings (SSSR count). The molecule has 262 valence electrons. The van der Waals surface area contributed by atoms with E-state index in [1.165, 1.54) is 4.90 Å². The number of ether oxygens (including phenoxy) is 3. The number of aryl methyl sites for hydroxylation is 2. The Labute approximate surface area is 300 Å². The molecule has 0 unspecified atom stereocenters. The highest BCUT2D eigenvalue weighted by Gasteiger charge is 2.35. The van der Waals surface area contributed by atoms with Crippen molar-refractivity contribution in [3.05, 3.63) is 136 Å². The van der Waals surface area contributed by atoms with Crippen LogP contribution in [-0.2, 0) is 17.8 Å². The number of amides is 3. The number of carbonyl (C=O) groups excluding carboxylic acids is 3. The number of imide groups is 1. The molecule has 0 bridgehead atoms. The summed E-state index contributed by atoms with van der Waals surface area (Å²) in [6.45, 7) is 2.76. The molecule has 5 aromatic carbocycles. The van der Waals surface area contributed by atoms with Gasteiger partial charge in [-0.3, -0.25) is 24.1 Å². The molecular formula is C42H37N3O7. The minimum Gasteiger partial charge on any atom is -0.493 e. The Balaban J connectivity index is 0.949. The molecule has 0 fully saturated rings. The number of anilines is 1. The van der Waals surface area contributed by atoms with Gasteiger partial charge in [0, 0.05) is 36.0 Å². The molecule has 52 heavy (non-hydrogen) atoms. The Hall–Kier alpha value is -6.42. The van der Waals surface area contributed by atoms with Gasteiger partial charge in [-0.2, -0.15) is 0 Å². The first-order valence-electron chi connectivity index (χ1n) is 17.0. The monoisotopic (exact) mass is 695 g/mol. The predicted molar refractivity (Wildman–Crippen MR) is 200 cm³/mol. The molecule has 1 aliphatic rings. The number of nitrogens with zero attached hydrogens (tertiary/aromatic N) is 2. The van der Waals surface area contributed by atoms with Crippen molar-refractivity contribution >= 4 is 45.2 Å². The number of para-hydroxylation sites is 1. The fraction of sp³-hybridized carbons (Fsp3) is 0.190. The lowest BCUT2D eigenvalue weighted by Crippen LogP contribution is -2.31. The third kappa shape index (κ3) is 6.70. The van der Waals surface area contributed by atoms with Crippen molar-refractivity contribution < 1.29 is 28.6 Å². The first kappa shape index (κ1) is 34.0. The third-order valence-corrected chi connectivity index (χ3v) is 9.30. The molecule has 6 aromatic rings. The van der Waals surface area contributed by atoms with Crippen LogP contribution in [0.1, 0.15) is 44.7 Å². The molecule has 0 saturated carbocycles. The Kier molecular flexibility index (Phi) is 9.45. The van der Waals surface area contributed by atoms with E-state index in [0.717, 1.165) is 22.2 Å². The van der Waals surface area contributed by atoms with E-state index in [1.54, 1.807) is 62.8 Å². The van der Waals surface area contributed by atoms with Gasteiger partial charge in [-0.1, -0.05) is 29.8 Å². The van der Waals surface area contributed by atoms with Crippen LogP contribution in [0, 0.1) is 6.92 Å². The van der Waals surface area contributed by atoms with Crippen LogP contribution in [0.5, 0.6) is 23.0 Å². The van der Waals surface area contributed by atoms with Crippen LogP contribution in [0.2, 0.25) is 0 Å². The summed E-state index contributed by atoms with van der Waals surface area (Å²) in [5.41, 5.74) is 4.88. The highest BCUT2D eigenvalue weighted by atomic mass is 16.5. The van der Waals surface area contributed by atoms with Crippen molar-refractivity contribution in [3.63, 3.8) is 0 Å². The molecule has 0 atom stereocenters. The van der Waals surface area contributed by atoms with Gasteiger partial charge in [-0.25, -0.2) is 0 Å². The third-order valence-electron chi connectivity index (χ3n) is 9.30. The summed E-state index contributed by atoms with van der Waals surface area (Å²) in [7, 11) is 3.12. The standard InChI is InChI=1S/C42H37N3O7/c1-26-10-18-36-34(23-26)40(47)32-7-4-5-8-35(32)44(36)21-6-9-39(46)43-28-12-14-29(15-13-28)52-30-16-17-31-33(25-30)42(49)45(41(31)48)22-20-27-11-19-37(50-2)38(24-27)51-3/h4-5,7-8,10-19,23-25H,6,9,20-22H2,1-3H3,(H,43,46). The number of pyridine rings is 1. The minimum atomic E-state index is -0.374. The van der Waals surface area contributed by atoms with Crippen molar-refractivity contribution in [2.45, 2.75) is 32.7 Å². The Bertz CT molecular complexity index is 2420. The number of hydrogen-bond acceptors (Lipinski definition) is 7. The first-order valence-corrected chi connectivity index (χ1v) is 17.0. The van der Waals surface area contributed by atoms with E-state index in [0.29, 0.717) is 70.8 Å². The zero-order chi connectivity index (χ0) is 36.4. The smallest absolute Gasteiger partial charge is 0.261 e. The average Bonchev–Trinajstić information content (AvgIpc) is 3.40. The van der Waals surface area contributed by atoms with Gasteiger partial charge in [0.15, 0.2) is 16.9 Å². The number of fused-ring (bicyclic) bond motifs is 3. The number of carbonyl (C=O) groups is 3. The highest BCUT2D eigenvalue weighted by Crippen LogP contribution is 2.32. The molecule has 1 aliphatic heterocycles. The Morgan fingerprint density at radius 3 is 2.21 bits per heavy atom. The number of rotatable bonds is 12. The highest BCUT2D eigenvalue weighted by molar-refractivity contribution is 6.21. The number of methoxy groups -OCH3 is 2. The van der Waals surface area contributed by atoms with Crippen LogP contribution in [0.3, 0.4) is 0 Å². The fourth-order valence-corrected chi connectivity index (χ4v) is 6.66. The summed E-state index contributed by atoms with van der Waals surface area (Å²) in [6.07, 6.45) is 1.33. The van der Waals surface area contributed by atoms with E-state index >= 15 is 0 Å². The molecule has 0 radical (unpaired) electrons. The SMILES string of the molecule is COc1ccc(CCN2C(=O)c3ccc(Oc4ccc(NC(=O)CCCn5c6ccccc6c(=O)c6cc(C)ccc65)cc4)cc3C2=O)cc1OC. The molecule has 10 nitrogen and oxygen atoms in total. The molecule has 3 amide bonds. The zero-order valence-electron chi connectivity index (χ0n) is 29.1. The van der Waals surface area contributed by atoms with Crippen molar-refractivity contribution in [2.24, 2.45) is 0 Å². The van der Waals surface area contributed by atoms with Crippen LogP contribution in [0.4, 0.5) is 5.69 Å². The summed E-state index contributed by atoms with van der Waals surface area (Å²) in [5.74, 6) is 1.26. The topological polar surface area (TPSA) is 116 Å². The van der Waals surface area contributed by atoms with Gasteiger partial charge in [0.2, 0.25) is 5.91 Å². The van der Waals surface area contributed by atoms with E-state index < -0.39 is 0 Å². The van der Waals surface area contributed by atoms with Gasteiger partial charge >= 0.3 is 0 Å². The summed E-state index contributed by atoms with van der Waals surface area (Å²) >= 11 is 0. The van der Waals surface area contributed by atoms with Gasteiger partial charge in [0.05, 0.1) is 36.4 Å². The maximum absolute atomic E-state index is 13.3. The zero-order valence-corrected chi connectivity index (χ0v) is 29.1. The van der Waals surface area contributed by atoms with Gasteiger partial charge < -0.3 is 24.1 Å². The van der Waals surface area contributed by atoms with E-state index in [4.69, 9.17) is 14.2 Å². The van der Waals surface area contributed by atoms with Crippen molar-refractivity contribution in [2.75, 3.05) is 26.1 Å². The van der Waals surface area contributed by atoms with Crippen LogP contribution < -0.4 is 25.0 Å². The van der Waals surface area contributed by atoms with Crippen molar-refractivity contribution in [1.29, 1.82) is 0 Å². The summed E-state index contributed by atoms with van der Waals surface area (Å²) in [6, 6.07) is 30.8. The molecule has 0 aliphatic carbocycles. The molecular weight excluding hydrogens is 658 g/mol. The molecule has 0 saturated heterocycles. The number of nitrogens with one attached hydrogen (secondary N) is 1. The normalized spacial score (nSPS) is 12.3.